The Morgan fingerprint density at radius 2 is 1.20 bits per heavy atom. The van der Waals surface area contributed by atoms with Gasteiger partial charge in [0.1, 0.15) is 0 Å². The molecule has 0 aliphatic carbocycles. The van der Waals surface area contributed by atoms with E-state index < -0.39 is 5.41 Å². The van der Waals surface area contributed by atoms with Crippen molar-refractivity contribution >= 4 is 23.5 Å². The van der Waals surface area contributed by atoms with Crippen molar-refractivity contribution in [2.45, 2.75) is 29.3 Å². The fourth-order valence-corrected chi connectivity index (χ4v) is 3.56. The molecule has 0 saturated heterocycles. The maximum Gasteiger partial charge on any atom is 2.00 e. The molecule has 0 radical (unpaired) electrons. The van der Waals surface area contributed by atoms with E-state index in [0.717, 1.165) is 33.1 Å². The predicted octanol–water partition coefficient (Wildman–Crippen LogP) is 4.22. The number of nitrogens with zero attached hydrogens (tertiary/aromatic N) is 6. The van der Waals surface area contributed by atoms with Crippen molar-refractivity contribution in [2.75, 3.05) is 12.5 Å². The van der Waals surface area contributed by atoms with Crippen LogP contribution in [0.15, 0.2) is 58.6 Å². The van der Waals surface area contributed by atoms with Crippen molar-refractivity contribution in [3.05, 3.63) is 72.3 Å². The van der Waals surface area contributed by atoms with Crippen molar-refractivity contribution < 1.29 is 20.4 Å². The first kappa shape index (κ1) is 22.8. The largest absolute Gasteiger partial charge is 2.00 e. The number of thioether (sulfide) groups is 2. The molecule has 0 unspecified atom stereocenters. The van der Waals surface area contributed by atoms with E-state index in [1.165, 1.54) is 0 Å². The number of aromatic nitrogens is 6. The van der Waals surface area contributed by atoms with Crippen molar-refractivity contribution in [1.82, 2.24) is 29.5 Å². The van der Waals surface area contributed by atoms with Gasteiger partial charge >= 0.3 is 20.4 Å². The van der Waals surface area contributed by atoms with Gasteiger partial charge in [0.25, 0.3) is 0 Å². The van der Waals surface area contributed by atoms with E-state index in [0.29, 0.717) is 0 Å². The second-order valence-corrected chi connectivity index (χ2v) is 8.50. The summed E-state index contributed by atoms with van der Waals surface area (Å²) in [4.78, 5) is 9.69. The SMILES string of the molecule is CSc1c[c-]n(-c2cccc(C(C)(C)c3cccc(-n4[c-]cc(SC)n4)n3)n2)n1.[Pd+2]. The van der Waals surface area contributed by atoms with Crippen molar-refractivity contribution in [3.8, 4) is 11.6 Å². The smallest absolute Gasteiger partial charge is 0.343 e. The Hall–Kier alpha value is -1.92. The van der Waals surface area contributed by atoms with Crippen molar-refractivity contribution in [2.24, 2.45) is 0 Å². The molecule has 6 nitrogen and oxygen atoms in total. The van der Waals surface area contributed by atoms with Gasteiger partial charge in [-0.2, -0.15) is 23.5 Å². The molecule has 156 valence electrons. The Morgan fingerprint density at radius 1 is 0.767 bits per heavy atom. The second kappa shape index (κ2) is 9.48. The molecule has 0 bridgehead atoms. The van der Waals surface area contributed by atoms with Crippen LogP contribution in [0, 0.1) is 12.4 Å². The average molecular weight is 527 g/mol. The zero-order chi connectivity index (χ0) is 20.4. The van der Waals surface area contributed by atoms with E-state index >= 15 is 0 Å². The Morgan fingerprint density at radius 3 is 1.57 bits per heavy atom. The molecule has 4 heterocycles. The molecule has 0 N–H and O–H groups in total. The molecule has 4 rings (SSSR count). The van der Waals surface area contributed by atoms with Gasteiger partial charge in [-0.1, -0.05) is 36.7 Å². The van der Waals surface area contributed by atoms with E-state index in [-0.39, 0.29) is 20.4 Å². The fourth-order valence-electron chi connectivity index (χ4n) is 2.89. The van der Waals surface area contributed by atoms with Gasteiger partial charge in [0.05, 0.1) is 11.6 Å². The summed E-state index contributed by atoms with van der Waals surface area (Å²) < 4.78 is 3.36. The Balaban J connectivity index is 0.00000256. The minimum absolute atomic E-state index is 0. The van der Waals surface area contributed by atoms with Gasteiger partial charge in [0.2, 0.25) is 0 Å². The third-order valence-corrected chi connectivity index (χ3v) is 5.86. The van der Waals surface area contributed by atoms with E-state index in [9.17, 15) is 0 Å². The molecule has 0 aromatic carbocycles. The van der Waals surface area contributed by atoms with Crippen LogP contribution in [0.4, 0.5) is 0 Å². The summed E-state index contributed by atoms with van der Waals surface area (Å²) in [6.07, 6.45) is 10.2. The molecule has 4 aromatic heterocycles. The fraction of sp³-hybridized carbons (Fsp3) is 0.238. The van der Waals surface area contributed by atoms with Crippen molar-refractivity contribution in [3.63, 3.8) is 0 Å². The van der Waals surface area contributed by atoms with E-state index in [2.05, 4.69) is 36.4 Å². The van der Waals surface area contributed by atoms with Crippen LogP contribution < -0.4 is 0 Å². The van der Waals surface area contributed by atoms with Gasteiger partial charge in [0.15, 0.2) is 0 Å². The first-order chi connectivity index (χ1) is 14.0. The third-order valence-electron chi connectivity index (χ3n) is 4.62. The topological polar surface area (TPSA) is 61.4 Å². The van der Waals surface area contributed by atoms with Crippen LogP contribution in [0.25, 0.3) is 11.6 Å². The van der Waals surface area contributed by atoms with Gasteiger partial charge in [-0.3, -0.25) is 20.2 Å². The summed E-state index contributed by atoms with van der Waals surface area (Å²) in [6, 6.07) is 15.6. The summed E-state index contributed by atoms with van der Waals surface area (Å²) in [5, 5.41) is 10.8. The Labute approximate surface area is 198 Å². The van der Waals surface area contributed by atoms with Crippen LogP contribution in [0.1, 0.15) is 25.2 Å². The van der Waals surface area contributed by atoms with Crippen LogP contribution in [0.5, 0.6) is 0 Å². The zero-order valence-electron chi connectivity index (χ0n) is 16.9. The summed E-state index contributed by atoms with van der Waals surface area (Å²) >= 11 is 3.16. The van der Waals surface area contributed by atoms with Gasteiger partial charge in [0, 0.05) is 26.9 Å². The summed E-state index contributed by atoms with van der Waals surface area (Å²) in [5.74, 6) is 1.47. The maximum absolute atomic E-state index is 4.84. The van der Waals surface area contributed by atoms with Crippen LogP contribution in [0.2, 0.25) is 0 Å². The maximum atomic E-state index is 4.84. The molecule has 0 aliphatic rings. The molecule has 0 saturated carbocycles. The molecule has 0 amide bonds. The molecule has 0 fully saturated rings. The zero-order valence-corrected chi connectivity index (χ0v) is 20.1. The normalized spacial score (nSPS) is 11.3. The quantitative estimate of drug-likeness (QED) is 0.213. The monoisotopic (exact) mass is 526 g/mol. The second-order valence-electron chi connectivity index (χ2n) is 6.84. The van der Waals surface area contributed by atoms with Crippen LogP contribution >= 0.6 is 23.5 Å². The first-order valence-electron chi connectivity index (χ1n) is 9.00. The summed E-state index contributed by atoms with van der Waals surface area (Å²) in [5.41, 5.74) is 1.41. The van der Waals surface area contributed by atoms with E-state index in [1.54, 1.807) is 32.9 Å². The molecule has 9 heteroatoms. The molecule has 4 aromatic rings. The van der Waals surface area contributed by atoms with Gasteiger partial charge in [-0.25, -0.2) is 0 Å². The number of hydrogen-bond donors (Lipinski definition) is 0. The predicted molar refractivity (Wildman–Crippen MR) is 116 cm³/mol. The number of rotatable bonds is 6. The van der Waals surface area contributed by atoms with Crippen LogP contribution in [-0.2, 0) is 25.8 Å². The Kier molecular flexibility index (Phi) is 7.19. The third kappa shape index (κ3) is 4.55. The van der Waals surface area contributed by atoms with Crippen LogP contribution in [0.3, 0.4) is 0 Å². The van der Waals surface area contributed by atoms with E-state index in [4.69, 9.17) is 9.97 Å². The molecular formula is C21H20N6PdS2. The average Bonchev–Trinajstić information content (AvgIpc) is 3.43. The van der Waals surface area contributed by atoms with Gasteiger partial charge in [-0.05, 0) is 38.5 Å². The molecule has 0 aliphatic heterocycles. The molecule has 0 spiro atoms. The standard InChI is InChI=1S/C21H20N6S2.Pd/c1-21(2,15-7-5-9-17(22-15)26-13-11-19(24-26)28-3)16-8-6-10-18(23-16)27-14-12-20(25-27)29-4;/h5-12H,1-4H3;/q-2;+2. The molecule has 30 heavy (non-hydrogen) atoms. The number of pyridine rings is 2. The first-order valence-corrected chi connectivity index (χ1v) is 11.5. The molecular weight excluding hydrogens is 507 g/mol. The van der Waals surface area contributed by atoms with E-state index in [1.807, 2.05) is 61.0 Å². The Bertz CT molecular complexity index is 1050. The van der Waals surface area contributed by atoms with Crippen LogP contribution in [-0.4, -0.2) is 42.0 Å². The minimum Gasteiger partial charge on any atom is -0.343 e. The van der Waals surface area contributed by atoms with Crippen molar-refractivity contribution in [1.29, 1.82) is 0 Å². The summed E-state index contributed by atoms with van der Waals surface area (Å²) in [6.45, 7) is 4.23. The number of hydrogen-bond acceptors (Lipinski definition) is 6. The van der Waals surface area contributed by atoms with Gasteiger partial charge < -0.3 is 9.36 Å². The summed E-state index contributed by atoms with van der Waals surface area (Å²) in [7, 11) is 0. The van der Waals surface area contributed by atoms with Gasteiger partial charge in [-0.15, -0.1) is 12.1 Å². The minimum atomic E-state index is -0.406. The molecule has 0 atom stereocenters.